The second-order valence-electron chi connectivity index (χ2n) is 10.4. The fraction of sp³-hybridized carbons (Fsp3) is 0.704. The van der Waals surface area contributed by atoms with Crippen LogP contribution in [0.4, 0.5) is 0 Å². The molecule has 3 rings (SSSR count). The van der Waals surface area contributed by atoms with Crippen LogP contribution in [-0.4, -0.2) is 11.2 Å². The molecule has 0 radical (unpaired) electrons. The topological polar surface area (TPSA) is 20.2 Å². The van der Waals surface area contributed by atoms with Crippen LogP contribution in [0.5, 0.6) is 0 Å². The van der Waals surface area contributed by atoms with Crippen LogP contribution in [0.15, 0.2) is 46.6 Å². The lowest BCUT2D eigenvalue weighted by molar-refractivity contribution is 0.110. The van der Waals surface area contributed by atoms with Gasteiger partial charge in [0.2, 0.25) is 0 Å². The Morgan fingerprint density at radius 3 is 2.79 bits per heavy atom. The highest BCUT2D eigenvalue weighted by atomic mass is 16.3. The first-order valence-corrected chi connectivity index (χ1v) is 11.7. The van der Waals surface area contributed by atoms with E-state index in [9.17, 15) is 5.11 Å². The molecule has 156 valence electrons. The highest BCUT2D eigenvalue weighted by molar-refractivity contribution is 5.36. The molecule has 5 atom stereocenters. The molecule has 0 heterocycles. The van der Waals surface area contributed by atoms with Crippen molar-refractivity contribution in [3.63, 3.8) is 0 Å². The highest BCUT2D eigenvalue weighted by Crippen LogP contribution is 2.58. The van der Waals surface area contributed by atoms with E-state index in [2.05, 4.69) is 58.9 Å². The van der Waals surface area contributed by atoms with Gasteiger partial charge in [0, 0.05) is 0 Å². The molecular weight excluding hydrogens is 340 g/mol. The number of aliphatic hydroxyl groups is 1. The van der Waals surface area contributed by atoms with Crippen LogP contribution in [0.25, 0.3) is 0 Å². The Morgan fingerprint density at radius 1 is 1.25 bits per heavy atom. The summed E-state index contributed by atoms with van der Waals surface area (Å²) in [6.07, 6.45) is 20.2. The van der Waals surface area contributed by atoms with Crippen LogP contribution in [0.3, 0.4) is 0 Å². The Hall–Kier alpha value is -1.08. The molecule has 3 aliphatic rings. The van der Waals surface area contributed by atoms with Gasteiger partial charge in [-0.05, 0) is 113 Å². The monoisotopic (exact) mass is 382 g/mol. The van der Waals surface area contributed by atoms with E-state index in [1.807, 2.05) is 0 Å². The molecule has 0 saturated heterocycles. The second kappa shape index (κ2) is 9.16. The minimum Gasteiger partial charge on any atom is -0.393 e. The quantitative estimate of drug-likeness (QED) is 0.470. The van der Waals surface area contributed by atoms with E-state index < -0.39 is 0 Å². The fourth-order valence-electron chi connectivity index (χ4n) is 6.30. The smallest absolute Gasteiger partial charge is 0.0583 e. The van der Waals surface area contributed by atoms with E-state index in [0.717, 1.165) is 37.0 Å². The van der Waals surface area contributed by atoms with Crippen LogP contribution in [0.1, 0.15) is 92.4 Å². The lowest BCUT2D eigenvalue weighted by atomic mass is 9.62. The van der Waals surface area contributed by atoms with Gasteiger partial charge in [-0.3, -0.25) is 0 Å². The largest absolute Gasteiger partial charge is 0.393 e. The first-order valence-electron chi connectivity index (χ1n) is 11.7. The molecule has 0 aromatic heterocycles. The van der Waals surface area contributed by atoms with Crippen molar-refractivity contribution in [3.05, 3.63) is 46.6 Å². The van der Waals surface area contributed by atoms with Gasteiger partial charge in [0.25, 0.3) is 0 Å². The van der Waals surface area contributed by atoms with Crippen molar-refractivity contribution in [1.29, 1.82) is 0 Å². The van der Waals surface area contributed by atoms with Crippen molar-refractivity contribution in [3.8, 4) is 0 Å². The first kappa shape index (κ1) is 21.6. The summed E-state index contributed by atoms with van der Waals surface area (Å²) in [6.45, 7) is 11.8. The molecule has 0 amide bonds. The standard InChI is InChI=1S/C27H42O/c1-19(2)8-6-9-21(4)25-15-16-26-22(10-7-17-27(25,26)5)12-13-23-18-24(28)14-11-20(23)3/h8,10,12-13,21,24-26,28H,6-7,9,11,14-18H2,1-5H3/b13-12-/t21-,24+,25-,26+,27-/m1/s1. The Balaban J connectivity index is 1.70. The summed E-state index contributed by atoms with van der Waals surface area (Å²) < 4.78 is 0. The minimum absolute atomic E-state index is 0.147. The third-order valence-electron chi connectivity index (χ3n) is 8.07. The van der Waals surface area contributed by atoms with Gasteiger partial charge in [0.05, 0.1) is 6.10 Å². The maximum atomic E-state index is 10.0. The van der Waals surface area contributed by atoms with Gasteiger partial charge in [0.1, 0.15) is 0 Å². The molecule has 0 aromatic carbocycles. The summed E-state index contributed by atoms with van der Waals surface area (Å²) in [5.41, 5.74) is 6.34. The normalized spacial score (nSPS) is 34.4. The minimum atomic E-state index is -0.147. The van der Waals surface area contributed by atoms with Crippen molar-refractivity contribution in [1.82, 2.24) is 0 Å². The van der Waals surface area contributed by atoms with Gasteiger partial charge in [0.15, 0.2) is 0 Å². The molecule has 1 N–H and O–H groups in total. The molecular formula is C27H42O. The molecule has 0 bridgehead atoms. The summed E-state index contributed by atoms with van der Waals surface area (Å²) in [7, 11) is 0. The Bertz CT molecular complexity index is 672. The van der Waals surface area contributed by atoms with E-state index in [-0.39, 0.29) is 6.10 Å². The highest BCUT2D eigenvalue weighted by Gasteiger charge is 2.49. The average molecular weight is 383 g/mol. The summed E-state index contributed by atoms with van der Waals surface area (Å²) in [5.74, 6) is 2.40. The summed E-state index contributed by atoms with van der Waals surface area (Å²) in [6, 6.07) is 0. The number of rotatable bonds is 6. The van der Waals surface area contributed by atoms with E-state index in [1.54, 1.807) is 5.57 Å². The van der Waals surface area contributed by atoms with Crippen LogP contribution >= 0.6 is 0 Å². The van der Waals surface area contributed by atoms with Crippen molar-refractivity contribution < 1.29 is 5.11 Å². The predicted octanol–water partition coefficient (Wildman–Crippen LogP) is 7.54. The number of hydrogen-bond acceptors (Lipinski definition) is 1. The zero-order chi connectivity index (χ0) is 20.3. The second-order valence-corrected chi connectivity index (χ2v) is 10.4. The lowest BCUT2D eigenvalue weighted by Gasteiger charge is -2.43. The van der Waals surface area contributed by atoms with E-state index in [1.165, 1.54) is 55.2 Å². The van der Waals surface area contributed by atoms with Gasteiger partial charge in [-0.1, -0.05) is 49.3 Å². The van der Waals surface area contributed by atoms with Gasteiger partial charge in [-0.15, -0.1) is 0 Å². The molecule has 1 heteroatoms. The van der Waals surface area contributed by atoms with Crippen molar-refractivity contribution in [2.24, 2.45) is 23.2 Å². The maximum Gasteiger partial charge on any atom is 0.0583 e. The van der Waals surface area contributed by atoms with Crippen LogP contribution < -0.4 is 0 Å². The fourth-order valence-corrected chi connectivity index (χ4v) is 6.30. The number of aliphatic hydroxyl groups excluding tert-OH is 1. The van der Waals surface area contributed by atoms with Crippen LogP contribution in [-0.2, 0) is 0 Å². The molecule has 0 aliphatic heterocycles. The molecule has 1 saturated carbocycles. The Labute approximate surface area is 173 Å². The van der Waals surface area contributed by atoms with Crippen molar-refractivity contribution >= 4 is 0 Å². The van der Waals surface area contributed by atoms with Gasteiger partial charge >= 0.3 is 0 Å². The Morgan fingerprint density at radius 2 is 2.04 bits per heavy atom. The van der Waals surface area contributed by atoms with Crippen molar-refractivity contribution in [2.75, 3.05) is 0 Å². The number of allylic oxidation sites excluding steroid dienone is 7. The van der Waals surface area contributed by atoms with E-state index in [0.29, 0.717) is 5.41 Å². The molecule has 0 spiro atoms. The Kier molecular flexibility index (Phi) is 7.07. The van der Waals surface area contributed by atoms with Crippen LogP contribution in [0, 0.1) is 23.2 Å². The van der Waals surface area contributed by atoms with Crippen molar-refractivity contribution in [2.45, 2.75) is 98.5 Å². The first-order chi connectivity index (χ1) is 13.3. The van der Waals surface area contributed by atoms with Crippen LogP contribution in [0.2, 0.25) is 0 Å². The molecule has 0 aromatic rings. The predicted molar refractivity (Wildman–Crippen MR) is 121 cm³/mol. The van der Waals surface area contributed by atoms with Gasteiger partial charge in [-0.25, -0.2) is 0 Å². The molecule has 0 unspecified atom stereocenters. The molecule has 1 fully saturated rings. The van der Waals surface area contributed by atoms with E-state index >= 15 is 0 Å². The summed E-state index contributed by atoms with van der Waals surface area (Å²) in [5, 5.41) is 10.0. The van der Waals surface area contributed by atoms with E-state index in [4.69, 9.17) is 0 Å². The third kappa shape index (κ3) is 4.73. The molecule has 28 heavy (non-hydrogen) atoms. The third-order valence-corrected chi connectivity index (χ3v) is 8.07. The zero-order valence-electron chi connectivity index (χ0n) is 18.9. The zero-order valence-corrected chi connectivity index (χ0v) is 18.9. The maximum absolute atomic E-state index is 10.0. The molecule has 3 aliphatic carbocycles. The number of hydrogen-bond donors (Lipinski definition) is 1. The summed E-state index contributed by atoms with van der Waals surface area (Å²) >= 11 is 0. The average Bonchev–Trinajstić information content (AvgIpc) is 2.99. The molecule has 1 nitrogen and oxygen atoms in total. The van der Waals surface area contributed by atoms with Gasteiger partial charge in [-0.2, -0.15) is 0 Å². The number of fused-ring (bicyclic) bond motifs is 1. The lowest BCUT2D eigenvalue weighted by Crippen LogP contribution is -2.35. The summed E-state index contributed by atoms with van der Waals surface area (Å²) in [4.78, 5) is 0. The van der Waals surface area contributed by atoms with Gasteiger partial charge < -0.3 is 5.11 Å². The SMILES string of the molecule is CC(C)=CCC[C@@H](C)[C@H]1CC[C@H]2C(/C=C\C3=C(C)CC[C@H](O)C3)=CCC[C@]12C.